The van der Waals surface area contributed by atoms with Gasteiger partial charge in [-0.05, 0) is 0 Å². The van der Waals surface area contributed by atoms with Gasteiger partial charge in [-0.25, -0.2) is 9.13 Å². The number of hydrogen-bond acceptors (Lipinski definition) is 1. The third-order valence-corrected chi connectivity index (χ3v) is 1.18. The molecule has 1 heterocycles. The Hall–Kier alpha value is -1.27. The molecule has 3 nitrogen and oxygen atoms in total. The third kappa shape index (κ3) is 1.36. The van der Waals surface area contributed by atoms with Crippen LogP contribution < -0.4 is 4.57 Å². The van der Waals surface area contributed by atoms with E-state index in [1.807, 2.05) is 10.8 Å². The van der Waals surface area contributed by atoms with Crippen molar-refractivity contribution in [1.29, 1.82) is 0 Å². The number of terminal acetylenes is 1. The topological polar surface area (TPSA) is 29.0 Å². The monoisotopic (exact) mass is 137 g/mol. The molecule has 0 aliphatic heterocycles. The lowest BCUT2D eigenvalue weighted by atomic mass is 10.6. The van der Waals surface area contributed by atoms with Crippen LogP contribution in [0.2, 0.25) is 0 Å². The van der Waals surface area contributed by atoms with Gasteiger partial charge in [0.05, 0.1) is 0 Å². The highest BCUT2D eigenvalue weighted by Crippen LogP contribution is 1.80. The fraction of sp³-hybridized carbons (Fsp3) is 0.286. The molecule has 0 spiro atoms. The second-order valence-corrected chi connectivity index (χ2v) is 1.95. The van der Waals surface area contributed by atoms with Crippen molar-refractivity contribution in [3.05, 3.63) is 18.7 Å². The van der Waals surface area contributed by atoms with Gasteiger partial charge in [0.15, 0.2) is 13.3 Å². The number of aromatic nitrogens is 2. The number of nitrogens with zero attached hydrogens (tertiary/aromatic N) is 2. The van der Waals surface area contributed by atoms with Crippen molar-refractivity contribution in [2.75, 3.05) is 0 Å². The Morgan fingerprint density at radius 2 is 2.50 bits per heavy atom. The van der Waals surface area contributed by atoms with E-state index in [0.717, 1.165) is 0 Å². The first kappa shape index (κ1) is 6.84. The van der Waals surface area contributed by atoms with Crippen LogP contribution in [-0.2, 0) is 13.3 Å². The number of imidazole rings is 1. The first-order valence-corrected chi connectivity index (χ1v) is 2.96. The van der Waals surface area contributed by atoms with E-state index in [-0.39, 0.29) is 6.73 Å². The van der Waals surface area contributed by atoms with Crippen LogP contribution in [0.5, 0.6) is 0 Å². The fourth-order valence-corrected chi connectivity index (χ4v) is 0.721. The van der Waals surface area contributed by atoms with Crippen molar-refractivity contribution in [2.24, 2.45) is 0 Å². The van der Waals surface area contributed by atoms with Gasteiger partial charge in [0.25, 0.3) is 0 Å². The number of rotatable bonds is 2. The molecule has 1 aromatic rings. The number of hydrogen-bond donors (Lipinski definition) is 1. The van der Waals surface area contributed by atoms with Gasteiger partial charge < -0.3 is 5.11 Å². The van der Waals surface area contributed by atoms with Gasteiger partial charge in [-0.15, -0.1) is 6.42 Å². The SMILES string of the molecule is C#CCn1cc[n+](CO)c1. The van der Waals surface area contributed by atoms with Gasteiger partial charge in [0.2, 0.25) is 6.33 Å². The van der Waals surface area contributed by atoms with Crippen molar-refractivity contribution >= 4 is 0 Å². The van der Waals surface area contributed by atoms with Crippen LogP contribution in [-0.4, -0.2) is 9.67 Å². The van der Waals surface area contributed by atoms with E-state index in [0.29, 0.717) is 6.54 Å². The van der Waals surface area contributed by atoms with Gasteiger partial charge in [0, 0.05) is 0 Å². The first-order valence-electron chi connectivity index (χ1n) is 2.96. The van der Waals surface area contributed by atoms with Crippen LogP contribution in [0.1, 0.15) is 0 Å². The Kier molecular flexibility index (Phi) is 2.08. The molecule has 0 bridgehead atoms. The van der Waals surface area contributed by atoms with E-state index in [1.54, 1.807) is 17.1 Å². The second-order valence-electron chi connectivity index (χ2n) is 1.95. The molecule has 0 saturated heterocycles. The molecule has 0 aromatic carbocycles. The van der Waals surface area contributed by atoms with E-state index in [1.165, 1.54) is 0 Å². The van der Waals surface area contributed by atoms with Crippen LogP contribution in [0.4, 0.5) is 0 Å². The van der Waals surface area contributed by atoms with Crippen molar-refractivity contribution in [3.63, 3.8) is 0 Å². The summed E-state index contributed by atoms with van der Waals surface area (Å²) < 4.78 is 3.45. The smallest absolute Gasteiger partial charge is 0.246 e. The van der Waals surface area contributed by atoms with E-state index >= 15 is 0 Å². The second kappa shape index (κ2) is 3.04. The predicted octanol–water partition coefficient (Wildman–Crippen LogP) is -0.641. The molecule has 0 atom stereocenters. The summed E-state index contributed by atoms with van der Waals surface area (Å²) in [5.41, 5.74) is 0. The molecule has 10 heavy (non-hydrogen) atoms. The zero-order valence-electron chi connectivity index (χ0n) is 5.57. The average molecular weight is 137 g/mol. The Morgan fingerprint density at radius 3 is 3.00 bits per heavy atom. The van der Waals surface area contributed by atoms with Gasteiger partial charge >= 0.3 is 0 Å². The Bertz CT molecular complexity index is 246. The maximum absolute atomic E-state index is 8.62. The van der Waals surface area contributed by atoms with Crippen molar-refractivity contribution in [3.8, 4) is 12.3 Å². The first-order chi connectivity index (χ1) is 4.86. The van der Waals surface area contributed by atoms with Crippen LogP contribution in [0.25, 0.3) is 0 Å². The summed E-state index contributed by atoms with van der Waals surface area (Å²) in [6.45, 7) is 0.546. The lowest BCUT2D eigenvalue weighted by molar-refractivity contribution is -0.729. The van der Waals surface area contributed by atoms with Crippen molar-refractivity contribution in [1.82, 2.24) is 4.57 Å². The lowest BCUT2D eigenvalue weighted by Gasteiger charge is -1.84. The maximum atomic E-state index is 8.62. The van der Waals surface area contributed by atoms with Crippen LogP contribution in [0.3, 0.4) is 0 Å². The molecule has 0 radical (unpaired) electrons. The molecule has 1 N–H and O–H groups in total. The summed E-state index contributed by atoms with van der Waals surface area (Å²) >= 11 is 0. The quantitative estimate of drug-likeness (QED) is 0.426. The molecule has 0 aliphatic rings. The molecule has 0 unspecified atom stereocenters. The fourth-order valence-electron chi connectivity index (χ4n) is 0.721. The predicted molar refractivity (Wildman–Crippen MR) is 35.7 cm³/mol. The summed E-state index contributed by atoms with van der Waals surface area (Å²) in [5.74, 6) is 2.49. The Morgan fingerprint density at radius 1 is 1.70 bits per heavy atom. The van der Waals surface area contributed by atoms with Crippen LogP contribution in [0, 0.1) is 12.3 Å². The zero-order valence-corrected chi connectivity index (χ0v) is 5.57. The Labute approximate surface area is 59.5 Å². The number of aliphatic hydroxyl groups excluding tert-OH is 1. The minimum Gasteiger partial charge on any atom is -0.358 e. The number of aliphatic hydroxyl groups is 1. The van der Waals surface area contributed by atoms with Gasteiger partial charge in [-0.1, -0.05) is 5.92 Å². The largest absolute Gasteiger partial charge is 0.358 e. The molecule has 3 heteroatoms. The minimum absolute atomic E-state index is 0.00241. The highest BCUT2D eigenvalue weighted by molar-refractivity contribution is 4.85. The van der Waals surface area contributed by atoms with Crippen LogP contribution in [0.15, 0.2) is 18.7 Å². The summed E-state index contributed by atoms with van der Waals surface area (Å²) in [7, 11) is 0. The Balaban J connectivity index is 2.70. The normalized spacial score (nSPS) is 9.20. The maximum Gasteiger partial charge on any atom is 0.246 e. The molecule has 0 amide bonds. The van der Waals surface area contributed by atoms with Crippen LogP contribution >= 0.6 is 0 Å². The summed E-state index contributed by atoms with van der Waals surface area (Å²) in [6, 6.07) is 0. The summed E-state index contributed by atoms with van der Waals surface area (Å²) in [6.07, 6.45) is 10.4. The average Bonchev–Trinajstić information content (AvgIpc) is 2.37. The highest BCUT2D eigenvalue weighted by atomic mass is 16.3. The van der Waals surface area contributed by atoms with Gasteiger partial charge in [-0.2, -0.15) is 0 Å². The lowest BCUT2D eigenvalue weighted by Crippen LogP contribution is -2.30. The van der Waals surface area contributed by atoms with Crippen molar-refractivity contribution < 1.29 is 9.67 Å². The minimum atomic E-state index is -0.00241. The van der Waals surface area contributed by atoms with Gasteiger partial charge in [-0.3, -0.25) is 0 Å². The molecule has 0 aliphatic carbocycles. The van der Waals surface area contributed by atoms with E-state index in [9.17, 15) is 0 Å². The summed E-state index contributed by atoms with van der Waals surface area (Å²) in [4.78, 5) is 0. The molecule has 0 saturated carbocycles. The molecule has 0 fully saturated rings. The zero-order chi connectivity index (χ0) is 7.40. The molecular weight excluding hydrogens is 128 g/mol. The van der Waals surface area contributed by atoms with E-state index in [2.05, 4.69) is 5.92 Å². The molecule has 1 aromatic heterocycles. The standard InChI is InChI=1S/C7H9N2O/c1-2-3-8-4-5-9(6-8)7-10/h1,4-6,10H,3,7H2/q+1. The summed E-state index contributed by atoms with van der Waals surface area (Å²) in [5, 5.41) is 8.62. The van der Waals surface area contributed by atoms with E-state index < -0.39 is 0 Å². The molecule has 1 rings (SSSR count). The highest BCUT2D eigenvalue weighted by Gasteiger charge is 1.97. The van der Waals surface area contributed by atoms with Crippen molar-refractivity contribution in [2.45, 2.75) is 13.3 Å². The molecule has 52 valence electrons. The van der Waals surface area contributed by atoms with E-state index in [4.69, 9.17) is 11.5 Å². The third-order valence-electron chi connectivity index (χ3n) is 1.18. The molecular formula is C7H9N2O+. The van der Waals surface area contributed by atoms with Gasteiger partial charge in [0.1, 0.15) is 12.4 Å².